The number of nitrogens with zero attached hydrogens (tertiary/aromatic N) is 2. The van der Waals surface area contributed by atoms with Crippen molar-refractivity contribution in [2.24, 2.45) is 9.98 Å². The SMILES string of the molecule is CCCCCCCCCCCCCCCCCC#CC(=Nc1cc(CCCC)cc(CCCC)c1)C(CCCCCC)=Nc1cc(CCCC)cc(CCCC)c1.CCCCCc1c(CCCC)cc(O)c(O)c1C(=O)[O-].CCCCCc1c(CCCC)cc(O)c(O)c1C(=O)[O-].[Pd+2]. The third-order valence-corrected chi connectivity index (χ3v) is 18.5. The van der Waals surface area contributed by atoms with Crippen LogP contribution < -0.4 is 10.2 Å². The van der Waals surface area contributed by atoms with Crippen LogP contribution in [0.4, 0.5) is 11.4 Å². The van der Waals surface area contributed by atoms with Crippen molar-refractivity contribution in [3.63, 3.8) is 0 Å². The van der Waals surface area contributed by atoms with E-state index in [1.807, 2.05) is 0 Å². The second-order valence-corrected chi connectivity index (χ2v) is 27.5. The van der Waals surface area contributed by atoms with E-state index in [1.54, 1.807) is 0 Å². The van der Waals surface area contributed by atoms with E-state index in [9.17, 15) is 40.2 Å². The van der Waals surface area contributed by atoms with Crippen LogP contribution in [0.15, 0.2) is 58.5 Å². The van der Waals surface area contributed by atoms with Gasteiger partial charge in [-0.1, -0.05) is 261 Å². The second kappa shape index (κ2) is 58.2. The number of carboxylic acids is 2. The number of aromatic carboxylic acids is 2. The molecule has 0 atom stereocenters. The molecule has 0 amide bonds. The molecule has 0 aliphatic rings. The van der Waals surface area contributed by atoms with Crippen LogP contribution in [0.3, 0.4) is 0 Å². The molecule has 0 saturated heterocycles. The summed E-state index contributed by atoms with van der Waals surface area (Å²) in [5, 5.41) is 61.5. The number of aryl methyl sites for hydroxylation is 6. The summed E-state index contributed by atoms with van der Waals surface area (Å²) in [6, 6.07) is 17.2. The standard InChI is InChI=1S/C55H90N2.2C16H24O4.Pd/c1-7-13-19-21-22-23-24-25-26-27-28-29-30-31-32-33-35-41-55(57-53-46-50(38-17-11-5)43-51(47-53)39-18-12-6)54(40-34-20-14-8-2)56-52-44-48(36-15-9-3)42-49(45-52)37-16-10-4;2*1-3-5-7-9-12-11(8-6-4-2)10-13(17)15(18)14(12)16(19)20;/h42-47H,7-34,36-40H2,1-6H3;2*10,17-18H,3-9H2,1-2H3,(H,19,20);/q;;;+2/p-2. The van der Waals surface area contributed by atoms with Gasteiger partial charge in [0.15, 0.2) is 23.0 Å². The summed E-state index contributed by atoms with van der Waals surface area (Å²) in [5.74, 6) is 2.55. The van der Waals surface area contributed by atoms with E-state index in [-0.39, 0.29) is 43.0 Å². The average Bonchev–Trinajstić information content (AvgIpc) is 0.808. The summed E-state index contributed by atoms with van der Waals surface area (Å²) < 4.78 is 0. The van der Waals surface area contributed by atoms with Crippen LogP contribution in [0.2, 0.25) is 0 Å². The molecule has 10 nitrogen and oxygen atoms in total. The van der Waals surface area contributed by atoms with Crippen LogP contribution >= 0.6 is 0 Å². The molecule has 4 aromatic rings. The fourth-order valence-corrected chi connectivity index (χ4v) is 12.6. The topological polar surface area (TPSA) is 186 Å². The summed E-state index contributed by atoms with van der Waals surface area (Å²) in [4.78, 5) is 33.5. The van der Waals surface area contributed by atoms with Crippen LogP contribution in [0.25, 0.3) is 0 Å². The molecule has 4 rings (SSSR count). The summed E-state index contributed by atoms with van der Waals surface area (Å²) in [5.41, 5.74) is 12.2. The first-order chi connectivity index (χ1) is 47.1. The van der Waals surface area contributed by atoms with Crippen molar-refractivity contribution in [3.8, 4) is 34.8 Å². The first-order valence-corrected chi connectivity index (χ1v) is 39.6. The van der Waals surface area contributed by atoms with E-state index in [0.717, 1.165) is 143 Å². The zero-order valence-corrected chi connectivity index (χ0v) is 65.0. The Labute approximate surface area is 611 Å². The Morgan fingerprint density at radius 1 is 0.347 bits per heavy atom. The molecule has 0 radical (unpaired) electrons. The minimum absolute atomic E-state index is 0. The van der Waals surface area contributed by atoms with Gasteiger partial charge in [-0.3, -0.25) is 4.99 Å². The Morgan fingerprint density at radius 3 is 0.980 bits per heavy atom. The Kier molecular flexibility index (Phi) is 53.8. The van der Waals surface area contributed by atoms with Gasteiger partial charge in [0.1, 0.15) is 5.71 Å². The molecule has 0 aromatic heterocycles. The van der Waals surface area contributed by atoms with E-state index in [2.05, 4.69) is 117 Å². The molecule has 0 aliphatic heterocycles. The minimum atomic E-state index is -1.43. The van der Waals surface area contributed by atoms with Crippen molar-refractivity contribution in [2.45, 2.75) is 371 Å². The number of phenolic OH excluding ortho intramolecular Hbond substituents is 2. The number of carbonyl (C=O) groups excluding carboxylic acids is 2. The molecular formula is C87H136N2O8Pd. The van der Waals surface area contributed by atoms with Gasteiger partial charge in [0, 0.05) is 17.5 Å². The molecular weight excluding hydrogens is 1310 g/mol. The Morgan fingerprint density at radius 2 is 0.643 bits per heavy atom. The predicted octanol–water partition coefficient (Wildman–Crippen LogP) is 23.2. The molecule has 552 valence electrons. The zero-order chi connectivity index (χ0) is 71.3. The van der Waals surface area contributed by atoms with E-state index in [4.69, 9.17) is 9.98 Å². The maximum absolute atomic E-state index is 11.3. The van der Waals surface area contributed by atoms with Gasteiger partial charge >= 0.3 is 20.4 Å². The monoisotopic (exact) mass is 1440 g/mol. The fraction of sp³-hybridized carbons (Fsp3) is 0.655. The quantitative estimate of drug-likeness (QED) is 0.0111. The zero-order valence-electron chi connectivity index (χ0n) is 63.5. The van der Waals surface area contributed by atoms with Gasteiger partial charge in [0.25, 0.3) is 0 Å². The van der Waals surface area contributed by atoms with Crippen molar-refractivity contribution in [1.82, 2.24) is 0 Å². The normalized spacial score (nSPS) is 11.3. The Hall–Kier alpha value is -5.42. The summed E-state index contributed by atoms with van der Waals surface area (Å²) in [7, 11) is 0. The molecule has 11 heteroatoms. The number of rotatable bonds is 51. The fourth-order valence-electron chi connectivity index (χ4n) is 12.6. The smallest absolute Gasteiger partial charge is 0.545 e. The molecule has 0 saturated carbocycles. The number of aliphatic imine (C=N–C) groups is 2. The van der Waals surface area contributed by atoms with E-state index < -0.39 is 23.4 Å². The second-order valence-electron chi connectivity index (χ2n) is 27.5. The Balaban J connectivity index is 0.000000944. The average molecular weight is 1440 g/mol. The van der Waals surface area contributed by atoms with Crippen LogP contribution in [-0.4, -0.2) is 43.8 Å². The maximum Gasteiger partial charge on any atom is 2.00 e. The number of hydrogen-bond acceptors (Lipinski definition) is 10. The van der Waals surface area contributed by atoms with Crippen molar-refractivity contribution >= 4 is 34.7 Å². The minimum Gasteiger partial charge on any atom is -0.545 e. The van der Waals surface area contributed by atoms with Gasteiger partial charge in [-0.2, -0.15) is 0 Å². The van der Waals surface area contributed by atoms with Crippen molar-refractivity contribution in [1.29, 1.82) is 0 Å². The summed E-state index contributed by atoms with van der Waals surface area (Å²) in [6.07, 6.45) is 53.9. The molecule has 98 heavy (non-hydrogen) atoms. The van der Waals surface area contributed by atoms with Gasteiger partial charge in [-0.05, 0) is 209 Å². The predicted molar refractivity (Wildman–Crippen MR) is 409 cm³/mol. The maximum atomic E-state index is 11.3. The van der Waals surface area contributed by atoms with Crippen LogP contribution in [-0.2, 0) is 71.8 Å². The van der Waals surface area contributed by atoms with Gasteiger partial charge in [-0.15, -0.1) is 0 Å². The Bertz CT molecular complexity index is 2780. The van der Waals surface area contributed by atoms with E-state index in [1.165, 1.54) is 201 Å². The first kappa shape index (κ1) is 90.6. The van der Waals surface area contributed by atoms with Gasteiger partial charge in [0.2, 0.25) is 0 Å². The molecule has 0 unspecified atom stereocenters. The third-order valence-electron chi connectivity index (χ3n) is 18.5. The molecule has 0 spiro atoms. The molecule has 0 fully saturated rings. The van der Waals surface area contributed by atoms with Crippen molar-refractivity contribution < 1.29 is 60.7 Å². The van der Waals surface area contributed by atoms with E-state index in [0.29, 0.717) is 36.8 Å². The van der Waals surface area contributed by atoms with Crippen LogP contribution in [0, 0.1) is 11.8 Å². The van der Waals surface area contributed by atoms with Crippen LogP contribution in [0.5, 0.6) is 23.0 Å². The largest absolute Gasteiger partial charge is 2.00 e. The van der Waals surface area contributed by atoms with Gasteiger partial charge in [0.05, 0.1) is 29.0 Å². The van der Waals surface area contributed by atoms with Gasteiger partial charge < -0.3 is 40.2 Å². The third kappa shape index (κ3) is 38.4. The molecule has 0 heterocycles. The van der Waals surface area contributed by atoms with Crippen molar-refractivity contribution in [2.75, 3.05) is 0 Å². The molecule has 0 bridgehead atoms. The first-order valence-electron chi connectivity index (χ1n) is 39.6. The number of benzene rings is 4. The number of carboxylic acid groups (broad SMARTS) is 2. The van der Waals surface area contributed by atoms with Crippen LogP contribution in [0.1, 0.15) is 385 Å². The number of aromatic hydroxyl groups is 4. The van der Waals surface area contributed by atoms with Gasteiger partial charge in [-0.25, -0.2) is 4.99 Å². The number of hydrogen-bond donors (Lipinski definition) is 4. The number of unbranched alkanes of at least 4 members (excludes halogenated alkanes) is 28. The molecule has 4 N–H and O–H groups in total. The summed E-state index contributed by atoms with van der Waals surface area (Å²) in [6.45, 7) is 22.0. The molecule has 0 aliphatic carbocycles. The molecule has 4 aromatic carbocycles. The van der Waals surface area contributed by atoms with Crippen molar-refractivity contribution in [3.05, 3.63) is 104 Å². The number of carbonyl (C=O) groups is 2. The van der Waals surface area contributed by atoms with E-state index >= 15 is 0 Å². The summed E-state index contributed by atoms with van der Waals surface area (Å²) >= 11 is 0. The number of phenols is 4.